The van der Waals surface area contributed by atoms with Crippen LogP contribution < -0.4 is 5.32 Å². The molecule has 1 aromatic carbocycles. The van der Waals surface area contributed by atoms with E-state index in [9.17, 15) is 9.18 Å². The smallest absolute Gasteiger partial charge is 0.251 e. The highest BCUT2D eigenvalue weighted by Crippen LogP contribution is 2.19. The zero-order chi connectivity index (χ0) is 16.9. The van der Waals surface area contributed by atoms with Gasteiger partial charge in [-0.3, -0.25) is 9.69 Å². The average Bonchev–Trinajstić information content (AvgIpc) is 2.58. The number of carbonyl (C=O) groups excluding carboxylic acids is 1. The summed E-state index contributed by atoms with van der Waals surface area (Å²) in [5, 5.41) is 3.04. The van der Waals surface area contributed by atoms with Crippen molar-refractivity contribution >= 4 is 5.91 Å². The molecule has 1 saturated heterocycles. The molecule has 126 valence electrons. The van der Waals surface area contributed by atoms with E-state index in [1.165, 1.54) is 23.9 Å². The molecule has 1 aromatic heterocycles. The number of halogens is 1. The van der Waals surface area contributed by atoms with E-state index in [1.54, 1.807) is 0 Å². The van der Waals surface area contributed by atoms with Gasteiger partial charge in [-0.1, -0.05) is 37.3 Å². The number of hydrogen-bond acceptors (Lipinski definition) is 3. The summed E-state index contributed by atoms with van der Waals surface area (Å²) >= 11 is 0. The van der Waals surface area contributed by atoms with Crippen LogP contribution in [-0.4, -0.2) is 34.9 Å². The maximum absolute atomic E-state index is 13.1. The first-order valence-electron chi connectivity index (χ1n) is 8.30. The first-order valence-corrected chi connectivity index (χ1v) is 8.30. The van der Waals surface area contributed by atoms with E-state index in [0.29, 0.717) is 11.5 Å². The van der Waals surface area contributed by atoms with Gasteiger partial charge in [0.25, 0.3) is 5.91 Å². The lowest BCUT2D eigenvalue weighted by Gasteiger charge is -2.37. The molecule has 2 atom stereocenters. The number of hydrogen-bond donors (Lipinski definition) is 1. The molecule has 0 saturated carbocycles. The lowest BCUT2D eigenvalue weighted by molar-refractivity contribution is 0.0860. The highest BCUT2D eigenvalue weighted by atomic mass is 19.1. The predicted octanol–water partition coefficient (Wildman–Crippen LogP) is 2.86. The van der Waals surface area contributed by atoms with Gasteiger partial charge < -0.3 is 5.32 Å². The zero-order valence-electron chi connectivity index (χ0n) is 13.8. The number of nitrogens with one attached hydrogen (secondary N) is 1. The Bertz CT molecular complexity index is 692. The highest BCUT2D eigenvalue weighted by Gasteiger charge is 2.27. The summed E-state index contributed by atoms with van der Waals surface area (Å²) in [4.78, 5) is 18.2. The zero-order valence-corrected chi connectivity index (χ0v) is 13.8. The van der Waals surface area contributed by atoms with Gasteiger partial charge >= 0.3 is 0 Å². The Hall–Kier alpha value is -2.27. The van der Waals surface area contributed by atoms with Crippen molar-refractivity contribution in [2.45, 2.75) is 25.9 Å². The molecule has 4 nitrogen and oxygen atoms in total. The van der Waals surface area contributed by atoms with Gasteiger partial charge in [0.1, 0.15) is 0 Å². The minimum absolute atomic E-state index is 0.112. The van der Waals surface area contributed by atoms with Gasteiger partial charge in [0.2, 0.25) is 5.95 Å². The number of likely N-dealkylation sites (tertiary alicyclic amines) is 1. The van der Waals surface area contributed by atoms with Crippen LogP contribution in [-0.2, 0) is 6.54 Å². The van der Waals surface area contributed by atoms with Crippen molar-refractivity contribution in [3.8, 4) is 0 Å². The molecule has 1 fully saturated rings. The third-order valence-corrected chi connectivity index (χ3v) is 4.54. The van der Waals surface area contributed by atoms with E-state index < -0.39 is 5.95 Å². The fourth-order valence-electron chi connectivity index (χ4n) is 3.23. The largest absolute Gasteiger partial charge is 0.349 e. The molecule has 0 spiro atoms. The van der Waals surface area contributed by atoms with E-state index in [1.807, 2.05) is 6.07 Å². The number of benzene rings is 1. The van der Waals surface area contributed by atoms with Gasteiger partial charge in [0, 0.05) is 43.5 Å². The molecule has 3 rings (SSSR count). The van der Waals surface area contributed by atoms with Crippen molar-refractivity contribution in [2.24, 2.45) is 5.92 Å². The summed E-state index contributed by atoms with van der Waals surface area (Å²) in [5.41, 5.74) is 1.63. The van der Waals surface area contributed by atoms with E-state index in [0.717, 1.165) is 26.1 Å². The Kier molecular flexibility index (Phi) is 5.20. The monoisotopic (exact) mass is 327 g/mol. The molecule has 1 aliphatic rings. The van der Waals surface area contributed by atoms with Crippen molar-refractivity contribution in [3.63, 3.8) is 0 Å². The predicted molar refractivity (Wildman–Crippen MR) is 90.9 cm³/mol. The Morgan fingerprint density at radius 2 is 2.12 bits per heavy atom. The minimum Gasteiger partial charge on any atom is -0.349 e. The third-order valence-electron chi connectivity index (χ3n) is 4.54. The lowest BCUT2D eigenvalue weighted by atomic mass is 9.93. The molecule has 1 aliphatic heterocycles. The summed E-state index contributed by atoms with van der Waals surface area (Å²) in [7, 11) is 0. The summed E-state index contributed by atoms with van der Waals surface area (Å²) in [6.07, 6.45) is 2.21. The van der Waals surface area contributed by atoms with Gasteiger partial charge in [-0.25, -0.2) is 4.98 Å². The normalized spacial score (nSPS) is 21.4. The van der Waals surface area contributed by atoms with E-state index in [4.69, 9.17) is 0 Å². The number of aromatic nitrogens is 1. The highest BCUT2D eigenvalue weighted by molar-refractivity contribution is 5.94. The molecule has 0 unspecified atom stereocenters. The van der Waals surface area contributed by atoms with Crippen LogP contribution in [0.4, 0.5) is 4.39 Å². The van der Waals surface area contributed by atoms with Gasteiger partial charge in [-0.15, -0.1) is 0 Å². The van der Waals surface area contributed by atoms with E-state index in [-0.39, 0.29) is 11.9 Å². The molecule has 1 amide bonds. The molecule has 24 heavy (non-hydrogen) atoms. The fraction of sp³-hybridized carbons (Fsp3) is 0.368. The van der Waals surface area contributed by atoms with E-state index in [2.05, 4.69) is 46.4 Å². The maximum atomic E-state index is 13.1. The number of amides is 1. The van der Waals surface area contributed by atoms with Gasteiger partial charge in [0.15, 0.2) is 0 Å². The van der Waals surface area contributed by atoms with Crippen LogP contribution in [0.5, 0.6) is 0 Å². The molecule has 2 heterocycles. The quantitative estimate of drug-likeness (QED) is 0.878. The number of nitrogens with zero attached hydrogens (tertiary/aromatic N) is 2. The van der Waals surface area contributed by atoms with Crippen LogP contribution >= 0.6 is 0 Å². The summed E-state index contributed by atoms with van der Waals surface area (Å²) in [5.74, 6) is -0.517. The summed E-state index contributed by atoms with van der Waals surface area (Å²) in [6, 6.07) is 13.2. The number of pyridine rings is 1. The van der Waals surface area contributed by atoms with Crippen LogP contribution in [0.25, 0.3) is 0 Å². The van der Waals surface area contributed by atoms with Crippen molar-refractivity contribution in [1.29, 1.82) is 0 Å². The first kappa shape index (κ1) is 16.6. The van der Waals surface area contributed by atoms with Crippen LogP contribution in [0, 0.1) is 11.9 Å². The van der Waals surface area contributed by atoms with Crippen molar-refractivity contribution in [3.05, 3.63) is 65.7 Å². The number of piperidine rings is 1. The Morgan fingerprint density at radius 1 is 1.33 bits per heavy atom. The van der Waals surface area contributed by atoms with Crippen molar-refractivity contribution in [1.82, 2.24) is 15.2 Å². The second kappa shape index (κ2) is 7.53. The van der Waals surface area contributed by atoms with Crippen LogP contribution in [0.3, 0.4) is 0 Å². The topological polar surface area (TPSA) is 45.2 Å². The first-order chi connectivity index (χ1) is 11.6. The van der Waals surface area contributed by atoms with Gasteiger partial charge in [0.05, 0.1) is 0 Å². The maximum Gasteiger partial charge on any atom is 0.251 e. The summed E-state index contributed by atoms with van der Waals surface area (Å²) in [6.45, 7) is 4.95. The Labute approximate surface area is 141 Å². The Morgan fingerprint density at radius 3 is 2.83 bits per heavy atom. The van der Waals surface area contributed by atoms with Crippen molar-refractivity contribution < 1.29 is 9.18 Å². The summed E-state index contributed by atoms with van der Waals surface area (Å²) < 4.78 is 13.1. The van der Waals surface area contributed by atoms with Crippen LogP contribution in [0.1, 0.15) is 29.3 Å². The van der Waals surface area contributed by atoms with Crippen molar-refractivity contribution in [2.75, 3.05) is 13.1 Å². The number of carbonyl (C=O) groups is 1. The molecule has 0 radical (unpaired) electrons. The molecule has 1 N–H and O–H groups in total. The SMILES string of the molecule is C[C@H]1CN(Cc2ccccc2)CC[C@H]1NC(=O)c1ccnc(F)c1. The third kappa shape index (κ3) is 4.17. The molecule has 5 heteroatoms. The molecule has 2 aromatic rings. The molecular weight excluding hydrogens is 305 g/mol. The fourth-order valence-corrected chi connectivity index (χ4v) is 3.23. The van der Waals surface area contributed by atoms with Gasteiger partial charge in [-0.2, -0.15) is 4.39 Å². The van der Waals surface area contributed by atoms with Crippen LogP contribution in [0.2, 0.25) is 0 Å². The lowest BCUT2D eigenvalue weighted by Crippen LogP contribution is -2.49. The molecule has 0 bridgehead atoms. The average molecular weight is 327 g/mol. The second-order valence-corrected chi connectivity index (χ2v) is 6.43. The minimum atomic E-state index is -0.631. The molecule has 0 aliphatic carbocycles. The van der Waals surface area contributed by atoms with Gasteiger partial charge in [-0.05, 0) is 24.0 Å². The number of rotatable bonds is 4. The van der Waals surface area contributed by atoms with Crippen LogP contribution in [0.15, 0.2) is 48.7 Å². The second-order valence-electron chi connectivity index (χ2n) is 6.43. The standard InChI is InChI=1S/C19H22FN3O/c1-14-12-23(13-15-5-3-2-4-6-15)10-8-17(14)22-19(24)16-7-9-21-18(20)11-16/h2-7,9,11,14,17H,8,10,12-13H2,1H3,(H,22,24)/t14-,17+/m0/s1. The Balaban J connectivity index is 1.55. The molecular formula is C19H22FN3O. The van der Waals surface area contributed by atoms with E-state index >= 15 is 0 Å².